The van der Waals surface area contributed by atoms with E-state index in [4.69, 9.17) is 0 Å². The summed E-state index contributed by atoms with van der Waals surface area (Å²) in [6.45, 7) is 0.809. The Morgan fingerprint density at radius 1 is 0.897 bits per heavy atom. The van der Waals surface area contributed by atoms with Gasteiger partial charge in [0.2, 0.25) is 5.91 Å². The van der Waals surface area contributed by atoms with Gasteiger partial charge in [0.05, 0.1) is 11.7 Å². The zero-order chi connectivity index (χ0) is 20.0. The van der Waals surface area contributed by atoms with E-state index in [9.17, 15) is 14.4 Å². The van der Waals surface area contributed by atoms with E-state index in [1.807, 2.05) is 24.3 Å². The number of fused-ring (bicyclic) bond motifs is 4. The van der Waals surface area contributed by atoms with Crippen molar-refractivity contribution in [2.45, 2.75) is 38.1 Å². The van der Waals surface area contributed by atoms with Crippen molar-refractivity contribution in [1.29, 1.82) is 0 Å². The zero-order valence-corrected chi connectivity index (χ0v) is 16.1. The van der Waals surface area contributed by atoms with Gasteiger partial charge >= 0.3 is 6.03 Å². The molecule has 0 unspecified atom stereocenters. The van der Waals surface area contributed by atoms with Crippen LogP contribution in [-0.4, -0.2) is 30.4 Å². The lowest BCUT2D eigenvalue weighted by molar-refractivity contribution is -0.144. The van der Waals surface area contributed by atoms with E-state index >= 15 is 0 Å². The Morgan fingerprint density at radius 2 is 1.66 bits per heavy atom. The van der Waals surface area contributed by atoms with Crippen molar-refractivity contribution in [3.63, 3.8) is 0 Å². The van der Waals surface area contributed by atoms with Gasteiger partial charge in [0, 0.05) is 12.2 Å². The molecule has 0 bridgehead atoms. The molecule has 2 fully saturated rings. The van der Waals surface area contributed by atoms with E-state index in [1.54, 1.807) is 24.3 Å². The van der Waals surface area contributed by atoms with Crippen LogP contribution in [0.25, 0.3) is 0 Å². The molecule has 5 rings (SSSR count). The van der Waals surface area contributed by atoms with E-state index in [0.717, 1.165) is 48.4 Å². The number of hydrogen-bond donors (Lipinski definition) is 1. The van der Waals surface area contributed by atoms with Gasteiger partial charge < -0.3 is 4.90 Å². The predicted molar refractivity (Wildman–Crippen MR) is 110 cm³/mol. The lowest BCUT2D eigenvalue weighted by Crippen LogP contribution is -2.72. The molecule has 2 saturated heterocycles. The topological polar surface area (TPSA) is 69.7 Å². The van der Waals surface area contributed by atoms with Gasteiger partial charge in [0.15, 0.2) is 5.41 Å². The van der Waals surface area contributed by atoms with Crippen LogP contribution in [0.1, 0.15) is 31.2 Å². The van der Waals surface area contributed by atoms with Crippen LogP contribution in [0.2, 0.25) is 0 Å². The highest BCUT2D eigenvalue weighted by molar-refractivity contribution is 6.30. The Kier molecular flexibility index (Phi) is 4.15. The largest absolute Gasteiger partial charge is 0.367 e. The molecule has 3 heterocycles. The average Bonchev–Trinajstić information content (AvgIpc) is 2.99. The minimum absolute atomic E-state index is 0.258. The first-order valence-corrected chi connectivity index (χ1v) is 10.2. The van der Waals surface area contributed by atoms with Gasteiger partial charge in [-0.05, 0) is 43.0 Å². The van der Waals surface area contributed by atoms with Crippen LogP contribution in [-0.2, 0) is 16.0 Å². The van der Waals surface area contributed by atoms with Crippen LogP contribution in [0, 0.1) is 5.41 Å². The van der Waals surface area contributed by atoms with Crippen molar-refractivity contribution in [1.82, 2.24) is 5.32 Å². The SMILES string of the molecule is O=C1NC(=O)[C@]2(Cc3ccccc3N3CCCCC[C@@H]32)C(=O)N1c1ccccc1. The van der Waals surface area contributed by atoms with E-state index in [-0.39, 0.29) is 6.04 Å². The molecule has 3 aliphatic heterocycles. The Bertz CT molecular complexity index is 990. The molecule has 0 aromatic heterocycles. The van der Waals surface area contributed by atoms with Crippen molar-refractivity contribution in [2.75, 3.05) is 16.3 Å². The van der Waals surface area contributed by atoms with Gasteiger partial charge in [-0.25, -0.2) is 9.69 Å². The summed E-state index contributed by atoms with van der Waals surface area (Å²) in [5, 5.41) is 2.50. The fourth-order valence-electron chi connectivity index (χ4n) is 5.18. The fraction of sp³-hybridized carbons (Fsp3) is 0.348. The van der Waals surface area contributed by atoms with Gasteiger partial charge in [0.1, 0.15) is 0 Å². The van der Waals surface area contributed by atoms with Gasteiger partial charge in [-0.15, -0.1) is 0 Å². The normalized spacial score (nSPS) is 26.6. The Labute approximate surface area is 169 Å². The van der Waals surface area contributed by atoms with Gasteiger partial charge in [-0.1, -0.05) is 49.2 Å². The molecule has 2 aromatic rings. The van der Waals surface area contributed by atoms with E-state index in [0.29, 0.717) is 12.1 Å². The number of hydrogen-bond acceptors (Lipinski definition) is 4. The zero-order valence-electron chi connectivity index (χ0n) is 16.1. The van der Waals surface area contributed by atoms with Crippen LogP contribution in [0.15, 0.2) is 54.6 Å². The summed E-state index contributed by atoms with van der Waals surface area (Å²) in [5.74, 6) is -0.880. The van der Waals surface area contributed by atoms with Crippen molar-refractivity contribution in [3.8, 4) is 0 Å². The van der Waals surface area contributed by atoms with Crippen molar-refractivity contribution < 1.29 is 14.4 Å². The predicted octanol–water partition coefficient (Wildman–Crippen LogP) is 3.26. The van der Waals surface area contributed by atoms with Crippen LogP contribution in [0.5, 0.6) is 0 Å². The molecular formula is C23H23N3O3. The molecule has 1 N–H and O–H groups in total. The number of imide groups is 2. The number of nitrogens with zero attached hydrogens (tertiary/aromatic N) is 2. The summed E-state index contributed by atoms with van der Waals surface area (Å²) in [6, 6.07) is 15.9. The Hall–Kier alpha value is -3.15. The highest BCUT2D eigenvalue weighted by atomic mass is 16.2. The molecule has 6 heteroatoms. The number of carbonyl (C=O) groups excluding carboxylic acids is 3. The minimum atomic E-state index is -1.30. The summed E-state index contributed by atoms with van der Waals surface area (Å²) in [5.41, 5.74) is 1.27. The van der Waals surface area contributed by atoms with Crippen LogP contribution in [0.4, 0.5) is 16.2 Å². The summed E-state index contributed by atoms with van der Waals surface area (Å²) in [4.78, 5) is 43.3. The maximum Gasteiger partial charge on any atom is 0.335 e. The molecule has 2 atom stereocenters. The van der Waals surface area contributed by atoms with Gasteiger partial charge in [-0.2, -0.15) is 0 Å². The number of nitrogens with one attached hydrogen (secondary N) is 1. The number of barbiturate groups is 1. The first-order valence-electron chi connectivity index (χ1n) is 10.2. The minimum Gasteiger partial charge on any atom is -0.367 e. The molecule has 4 amide bonds. The molecule has 2 aromatic carbocycles. The molecule has 0 aliphatic carbocycles. The number of urea groups is 1. The molecular weight excluding hydrogens is 366 g/mol. The van der Waals surface area contributed by atoms with Gasteiger partial charge in [-0.3, -0.25) is 14.9 Å². The van der Waals surface area contributed by atoms with E-state index in [1.165, 1.54) is 0 Å². The lowest BCUT2D eigenvalue weighted by atomic mass is 9.67. The number of anilines is 2. The van der Waals surface area contributed by atoms with Gasteiger partial charge in [0.25, 0.3) is 5.91 Å². The second kappa shape index (κ2) is 6.72. The molecule has 148 valence electrons. The molecule has 3 aliphatic rings. The van der Waals surface area contributed by atoms with Crippen LogP contribution >= 0.6 is 0 Å². The summed E-state index contributed by atoms with van der Waals surface area (Å²) in [6.07, 6.45) is 4.13. The summed E-state index contributed by atoms with van der Waals surface area (Å²) >= 11 is 0. The molecule has 0 saturated carbocycles. The van der Waals surface area contributed by atoms with Crippen molar-refractivity contribution >= 4 is 29.2 Å². The first kappa shape index (κ1) is 17.9. The third-order valence-electron chi connectivity index (χ3n) is 6.52. The summed E-state index contributed by atoms with van der Waals surface area (Å²) in [7, 11) is 0. The van der Waals surface area contributed by atoms with Crippen molar-refractivity contribution in [3.05, 3.63) is 60.2 Å². The fourth-order valence-corrected chi connectivity index (χ4v) is 5.18. The molecule has 1 spiro atoms. The second-order valence-corrected chi connectivity index (χ2v) is 8.07. The third kappa shape index (κ3) is 2.58. The molecule has 6 nitrogen and oxygen atoms in total. The van der Waals surface area contributed by atoms with E-state index < -0.39 is 23.3 Å². The number of carbonyl (C=O) groups is 3. The number of benzene rings is 2. The van der Waals surface area contributed by atoms with E-state index in [2.05, 4.69) is 16.3 Å². The highest BCUT2D eigenvalue weighted by Crippen LogP contribution is 2.47. The monoisotopic (exact) mass is 389 g/mol. The standard InChI is InChI=1S/C23H23N3O3/c27-20-23(21(28)26(22(29)24-20)17-10-3-1-4-11-17)15-16-9-6-7-12-18(16)25-14-8-2-5-13-19(23)25/h1,3-4,6-7,9-12,19H,2,5,8,13-15H2,(H,24,27,29)/t19-,23-/m1/s1. The molecule has 0 radical (unpaired) electrons. The first-order chi connectivity index (χ1) is 14.1. The van der Waals surface area contributed by atoms with Crippen LogP contribution in [0.3, 0.4) is 0 Å². The maximum absolute atomic E-state index is 13.9. The smallest absolute Gasteiger partial charge is 0.335 e. The van der Waals surface area contributed by atoms with Crippen molar-refractivity contribution in [2.24, 2.45) is 5.41 Å². The number of para-hydroxylation sites is 2. The number of amides is 4. The highest BCUT2D eigenvalue weighted by Gasteiger charge is 2.62. The lowest BCUT2D eigenvalue weighted by Gasteiger charge is -2.51. The Morgan fingerprint density at radius 3 is 2.48 bits per heavy atom. The Balaban J connectivity index is 1.68. The quantitative estimate of drug-likeness (QED) is 0.760. The summed E-state index contributed by atoms with van der Waals surface area (Å²) < 4.78 is 0. The average molecular weight is 389 g/mol. The van der Waals surface area contributed by atoms with Crippen LogP contribution < -0.4 is 15.1 Å². The second-order valence-electron chi connectivity index (χ2n) is 8.07. The number of rotatable bonds is 1. The third-order valence-corrected chi connectivity index (χ3v) is 6.52. The maximum atomic E-state index is 13.9. The molecule has 29 heavy (non-hydrogen) atoms.